The van der Waals surface area contributed by atoms with Gasteiger partial charge in [0, 0.05) is 31.7 Å². The Morgan fingerprint density at radius 2 is 1.94 bits per heavy atom. The molecule has 0 aliphatic carbocycles. The van der Waals surface area contributed by atoms with E-state index in [0.29, 0.717) is 53.4 Å². The summed E-state index contributed by atoms with van der Waals surface area (Å²) in [5.41, 5.74) is 2.09. The molecule has 0 spiro atoms. The molecular weight excluding hydrogens is 450 g/mol. The van der Waals surface area contributed by atoms with Crippen molar-refractivity contribution >= 4 is 23.4 Å². The van der Waals surface area contributed by atoms with Crippen LogP contribution in [0.25, 0.3) is 0 Å². The summed E-state index contributed by atoms with van der Waals surface area (Å²) in [6, 6.07) is 10.7. The zero-order valence-electron chi connectivity index (χ0n) is 19.9. The first-order valence-electron chi connectivity index (χ1n) is 11.9. The molecule has 9 heteroatoms. The third-order valence-corrected chi connectivity index (χ3v) is 6.84. The fourth-order valence-electron chi connectivity index (χ4n) is 5.18. The molecule has 3 heterocycles. The fraction of sp³-hybridized carbons (Fsp3) is 0.423. The molecule has 9 nitrogen and oxygen atoms in total. The monoisotopic (exact) mass is 479 g/mol. The first kappa shape index (κ1) is 23.2. The number of methoxy groups -OCH3 is 2. The quantitative estimate of drug-likeness (QED) is 0.625. The standard InChI is InChI=1S/C26H29N3O6/c1-33-20-12-11-18-22(23(20)34-2)26(32)29-19-9-4-3-8-17(19)25(31)28(24(18)29)13-5-10-21(30)27-15-16-7-6-14-35-16/h3-4,8-9,11-12,16,24H,5-7,10,13-15H2,1-2H3,(H,27,30)/t16-,24-/m0/s1. The number of hydrogen-bond donors (Lipinski definition) is 1. The molecule has 1 N–H and O–H groups in total. The van der Waals surface area contributed by atoms with E-state index in [1.54, 1.807) is 34.1 Å². The Morgan fingerprint density at radius 1 is 1.11 bits per heavy atom. The van der Waals surface area contributed by atoms with Crippen molar-refractivity contribution in [1.29, 1.82) is 0 Å². The van der Waals surface area contributed by atoms with Gasteiger partial charge in [0.2, 0.25) is 5.91 Å². The molecule has 1 saturated heterocycles. The van der Waals surface area contributed by atoms with Gasteiger partial charge in [-0.25, -0.2) is 0 Å². The third-order valence-electron chi connectivity index (χ3n) is 6.84. The molecule has 0 unspecified atom stereocenters. The van der Waals surface area contributed by atoms with E-state index in [0.717, 1.165) is 19.4 Å². The van der Waals surface area contributed by atoms with Crippen LogP contribution >= 0.6 is 0 Å². The van der Waals surface area contributed by atoms with Crippen LogP contribution in [0.2, 0.25) is 0 Å². The molecule has 0 saturated carbocycles. The highest BCUT2D eigenvalue weighted by atomic mass is 16.5. The smallest absolute Gasteiger partial charge is 0.264 e. The highest BCUT2D eigenvalue weighted by molar-refractivity contribution is 6.18. The Balaban J connectivity index is 1.40. The van der Waals surface area contributed by atoms with E-state index in [1.165, 1.54) is 14.2 Å². The van der Waals surface area contributed by atoms with E-state index >= 15 is 0 Å². The molecule has 3 amide bonds. The second kappa shape index (κ2) is 9.58. The molecule has 2 aromatic rings. The summed E-state index contributed by atoms with van der Waals surface area (Å²) >= 11 is 0. The van der Waals surface area contributed by atoms with E-state index in [4.69, 9.17) is 14.2 Å². The highest BCUT2D eigenvalue weighted by Gasteiger charge is 2.49. The Hall–Kier alpha value is -3.59. The number of anilines is 1. The molecule has 184 valence electrons. The molecule has 2 atom stereocenters. The predicted octanol–water partition coefficient (Wildman–Crippen LogP) is 2.89. The summed E-state index contributed by atoms with van der Waals surface area (Å²) in [6.45, 7) is 1.57. The number of rotatable bonds is 8. The maximum absolute atomic E-state index is 13.7. The van der Waals surface area contributed by atoms with Crippen LogP contribution < -0.4 is 19.7 Å². The van der Waals surface area contributed by atoms with Gasteiger partial charge in [-0.15, -0.1) is 0 Å². The average Bonchev–Trinajstić information content (AvgIpc) is 3.50. The predicted molar refractivity (Wildman–Crippen MR) is 128 cm³/mol. The Bertz CT molecular complexity index is 1160. The number of carbonyl (C=O) groups excluding carboxylic acids is 3. The minimum absolute atomic E-state index is 0.0727. The summed E-state index contributed by atoms with van der Waals surface area (Å²) in [7, 11) is 3.01. The number of nitrogens with one attached hydrogen (secondary N) is 1. The van der Waals surface area contributed by atoms with Gasteiger partial charge in [-0.05, 0) is 37.5 Å². The van der Waals surface area contributed by atoms with Crippen molar-refractivity contribution < 1.29 is 28.6 Å². The van der Waals surface area contributed by atoms with Crippen molar-refractivity contribution in [2.75, 3.05) is 38.8 Å². The van der Waals surface area contributed by atoms with Gasteiger partial charge in [0.15, 0.2) is 11.5 Å². The van der Waals surface area contributed by atoms with Crippen molar-refractivity contribution in [3.8, 4) is 11.5 Å². The number of nitrogens with zero attached hydrogens (tertiary/aromatic N) is 2. The van der Waals surface area contributed by atoms with E-state index in [-0.39, 0.29) is 30.2 Å². The lowest BCUT2D eigenvalue weighted by Crippen LogP contribution is -2.48. The van der Waals surface area contributed by atoms with Gasteiger partial charge >= 0.3 is 0 Å². The third kappa shape index (κ3) is 3.99. The van der Waals surface area contributed by atoms with Gasteiger partial charge in [-0.3, -0.25) is 19.3 Å². The number of hydrogen-bond acceptors (Lipinski definition) is 6. The van der Waals surface area contributed by atoms with Gasteiger partial charge in [0.1, 0.15) is 6.17 Å². The molecule has 0 aromatic heterocycles. The molecule has 2 aromatic carbocycles. The summed E-state index contributed by atoms with van der Waals surface area (Å²) < 4.78 is 16.5. The van der Waals surface area contributed by atoms with Gasteiger partial charge < -0.3 is 24.4 Å². The lowest BCUT2D eigenvalue weighted by Gasteiger charge is -2.41. The minimum Gasteiger partial charge on any atom is -0.493 e. The number of amides is 3. The van der Waals surface area contributed by atoms with Crippen LogP contribution in [-0.2, 0) is 9.53 Å². The van der Waals surface area contributed by atoms with Crippen LogP contribution in [0.4, 0.5) is 5.69 Å². The largest absolute Gasteiger partial charge is 0.493 e. The van der Waals surface area contributed by atoms with Crippen molar-refractivity contribution in [3.05, 3.63) is 53.1 Å². The zero-order chi connectivity index (χ0) is 24.5. The van der Waals surface area contributed by atoms with Crippen LogP contribution in [0.5, 0.6) is 11.5 Å². The van der Waals surface area contributed by atoms with Crippen LogP contribution in [0.3, 0.4) is 0 Å². The van der Waals surface area contributed by atoms with Gasteiger partial charge in [0.05, 0.1) is 37.1 Å². The molecular formula is C26H29N3O6. The van der Waals surface area contributed by atoms with Gasteiger partial charge in [-0.2, -0.15) is 0 Å². The lowest BCUT2D eigenvalue weighted by atomic mass is 10.0. The first-order chi connectivity index (χ1) is 17.0. The minimum atomic E-state index is -0.616. The number of fused-ring (bicyclic) bond motifs is 5. The molecule has 35 heavy (non-hydrogen) atoms. The normalized spacial score (nSPS) is 20.4. The van der Waals surface area contributed by atoms with Crippen LogP contribution in [0.15, 0.2) is 36.4 Å². The summed E-state index contributed by atoms with van der Waals surface area (Å²) in [5, 5.41) is 2.92. The molecule has 5 rings (SSSR count). The molecule has 0 radical (unpaired) electrons. The van der Waals surface area contributed by atoms with E-state index in [2.05, 4.69) is 5.32 Å². The summed E-state index contributed by atoms with van der Waals surface area (Å²) in [6.07, 6.45) is 2.19. The summed E-state index contributed by atoms with van der Waals surface area (Å²) in [4.78, 5) is 42.9. The van der Waals surface area contributed by atoms with Crippen molar-refractivity contribution in [3.63, 3.8) is 0 Å². The number of para-hydroxylation sites is 1. The zero-order valence-corrected chi connectivity index (χ0v) is 19.9. The Labute approximate surface area is 203 Å². The highest BCUT2D eigenvalue weighted by Crippen LogP contribution is 2.49. The molecule has 0 bridgehead atoms. The van der Waals surface area contributed by atoms with Crippen LogP contribution in [-0.4, -0.2) is 62.6 Å². The number of ether oxygens (including phenoxy) is 3. The van der Waals surface area contributed by atoms with Crippen molar-refractivity contribution in [1.82, 2.24) is 10.2 Å². The maximum atomic E-state index is 13.7. The first-order valence-corrected chi connectivity index (χ1v) is 11.9. The summed E-state index contributed by atoms with van der Waals surface area (Å²) in [5.74, 6) is 0.310. The SMILES string of the molecule is COc1ccc2c(c1OC)C(=O)N1c3ccccc3C(=O)N(CCCC(=O)NC[C@@H]3CCCO3)[C@H]21. The van der Waals surface area contributed by atoms with Gasteiger partial charge in [-0.1, -0.05) is 18.2 Å². The van der Waals surface area contributed by atoms with Crippen molar-refractivity contribution in [2.45, 2.75) is 38.0 Å². The Kier molecular flexibility index (Phi) is 6.34. The molecule has 3 aliphatic rings. The van der Waals surface area contributed by atoms with E-state index in [1.807, 2.05) is 12.1 Å². The number of benzene rings is 2. The van der Waals surface area contributed by atoms with E-state index < -0.39 is 6.17 Å². The van der Waals surface area contributed by atoms with Crippen molar-refractivity contribution in [2.24, 2.45) is 0 Å². The average molecular weight is 480 g/mol. The van der Waals surface area contributed by atoms with Crippen LogP contribution in [0.1, 0.15) is 58.1 Å². The van der Waals surface area contributed by atoms with Gasteiger partial charge in [0.25, 0.3) is 11.8 Å². The fourth-order valence-corrected chi connectivity index (χ4v) is 5.18. The van der Waals surface area contributed by atoms with Crippen LogP contribution in [0, 0.1) is 0 Å². The lowest BCUT2D eigenvalue weighted by molar-refractivity contribution is -0.121. The molecule has 1 fully saturated rings. The second-order valence-corrected chi connectivity index (χ2v) is 8.87. The second-order valence-electron chi connectivity index (χ2n) is 8.87. The maximum Gasteiger partial charge on any atom is 0.264 e. The van der Waals surface area contributed by atoms with E-state index in [9.17, 15) is 14.4 Å². The topological polar surface area (TPSA) is 97.4 Å². The number of carbonyl (C=O) groups is 3. The molecule has 3 aliphatic heterocycles. The Morgan fingerprint density at radius 3 is 2.69 bits per heavy atom.